The van der Waals surface area contributed by atoms with Gasteiger partial charge in [-0.05, 0) is 56.2 Å². The molecular formula is C22H23NO6. The van der Waals surface area contributed by atoms with Crippen LogP contribution in [0.25, 0.3) is 0 Å². The largest absolute Gasteiger partial charge is 0.478 e. The van der Waals surface area contributed by atoms with Gasteiger partial charge in [0.15, 0.2) is 5.60 Å². The predicted octanol–water partition coefficient (Wildman–Crippen LogP) is 3.66. The second-order valence-corrected chi connectivity index (χ2v) is 7.32. The van der Waals surface area contributed by atoms with Gasteiger partial charge < -0.3 is 19.5 Å². The number of esters is 1. The number of hydrogen-bond donors (Lipinski definition) is 1. The minimum Gasteiger partial charge on any atom is -0.478 e. The van der Waals surface area contributed by atoms with E-state index in [1.54, 1.807) is 49.1 Å². The van der Waals surface area contributed by atoms with Crippen molar-refractivity contribution in [2.45, 2.75) is 39.3 Å². The molecule has 0 spiro atoms. The SMILES string of the molecule is CCCOC(=O)c1ccc(CN2C(=O)C(C)(C)Oc3cc(C(=O)O)ccc32)cc1. The summed E-state index contributed by atoms with van der Waals surface area (Å²) >= 11 is 0. The van der Waals surface area contributed by atoms with Gasteiger partial charge >= 0.3 is 11.9 Å². The Bertz CT molecular complexity index is 948. The van der Waals surface area contributed by atoms with Crippen LogP contribution in [0.15, 0.2) is 42.5 Å². The molecule has 0 unspecified atom stereocenters. The van der Waals surface area contributed by atoms with Crippen molar-refractivity contribution in [1.29, 1.82) is 0 Å². The van der Waals surface area contributed by atoms with Gasteiger partial charge in [-0.1, -0.05) is 19.1 Å². The first-order chi connectivity index (χ1) is 13.7. The van der Waals surface area contributed by atoms with E-state index in [4.69, 9.17) is 9.47 Å². The van der Waals surface area contributed by atoms with E-state index in [0.717, 1.165) is 12.0 Å². The van der Waals surface area contributed by atoms with Gasteiger partial charge in [0.25, 0.3) is 5.91 Å². The Hall–Kier alpha value is -3.35. The third-order valence-corrected chi connectivity index (χ3v) is 4.59. The van der Waals surface area contributed by atoms with Gasteiger partial charge in [0.2, 0.25) is 0 Å². The fraction of sp³-hybridized carbons (Fsp3) is 0.318. The van der Waals surface area contributed by atoms with Gasteiger partial charge in [0.05, 0.1) is 30.0 Å². The van der Waals surface area contributed by atoms with Crippen LogP contribution in [-0.2, 0) is 16.1 Å². The molecule has 29 heavy (non-hydrogen) atoms. The summed E-state index contributed by atoms with van der Waals surface area (Å²) in [4.78, 5) is 37.7. The highest BCUT2D eigenvalue weighted by atomic mass is 16.5. The first kappa shape index (κ1) is 20.4. The summed E-state index contributed by atoms with van der Waals surface area (Å²) in [6.45, 7) is 5.84. The summed E-state index contributed by atoms with van der Waals surface area (Å²) < 4.78 is 10.9. The second kappa shape index (κ2) is 7.95. The fourth-order valence-electron chi connectivity index (χ4n) is 3.07. The Morgan fingerprint density at radius 1 is 1.10 bits per heavy atom. The summed E-state index contributed by atoms with van der Waals surface area (Å²) in [5.41, 5.74) is 0.724. The van der Waals surface area contributed by atoms with E-state index in [1.165, 1.54) is 12.1 Å². The first-order valence-electron chi connectivity index (χ1n) is 9.37. The number of carboxylic acids is 1. The third kappa shape index (κ3) is 4.23. The molecule has 0 bridgehead atoms. The minimum atomic E-state index is -1.13. The summed E-state index contributed by atoms with van der Waals surface area (Å²) in [6, 6.07) is 11.3. The molecule has 0 aliphatic carbocycles. The molecule has 3 rings (SSSR count). The summed E-state index contributed by atoms with van der Waals surface area (Å²) in [7, 11) is 0. The number of carboxylic acid groups (broad SMARTS) is 1. The van der Waals surface area contributed by atoms with Crippen LogP contribution in [-0.4, -0.2) is 35.2 Å². The molecule has 0 saturated carbocycles. The summed E-state index contributed by atoms with van der Waals surface area (Å²) in [6.07, 6.45) is 0.752. The van der Waals surface area contributed by atoms with Crippen LogP contribution in [0.2, 0.25) is 0 Å². The summed E-state index contributed by atoms with van der Waals surface area (Å²) in [5, 5.41) is 9.22. The Balaban J connectivity index is 1.87. The van der Waals surface area contributed by atoms with Gasteiger partial charge in [-0.15, -0.1) is 0 Å². The molecule has 0 atom stereocenters. The zero-order chi connectivity index (χ0) is 21.2. The average molecular weight is 397 g/mol. The van der Waals surface area contributed by atoms with Crippen molar-refractivity contribution in [2.24, 2.45) is 0 Å². The molecular weight excluding hydrogens is 374 g/mol. The molecule has 2 aromatic carbocycles. The van der Waals surface area contributed by atoms with E-state index in [-0.39, 0.29) is 24.0 Å². The lowest BCUT2D eigenvalue weighted by atomic mass is 10.0. The monoisotopic (exact) mass is 397 g/mol. The van der Waals surface area contributed by atoms with Crippen LogP contribution in [0.3, 0.4) is 0 Å². The number of nitrogens with zero attached hydrogens (tertiary/aromatic N) is 1. The molecule has 0 aromatic heterocycles. The lowest BCUT2D eigenvalue weighted by Crippen LogP contribution is -2.52. The van der Waals surface area contributed by atoms with E-state index < -0.39 is 11.6 Å². The van der Waals surface area contributed by atoms with Crippen LogP contribution in [0.4, 0.5) is 5.69 Å². The number of carbonyl (C=O) groups excluding carboxylic acids is 2. The van der Waals surface area contributed by atoms with Gasteiger partial charge in [-0.2, -0.15) is 0 Å². The molecule has 0 fully saturated rings. The van der Waals surface area contributed by atoms with E-state index in [9.17, 15) is 19.5 Å². The normalized spacial score (nSPS) is 14.7. The van der Waals surface area contributed by atoms with Gasteiger partial charge in [0, 0.05) is 0 Å². The number of benzene rings is 2. The van der Waals surface area contributed by atoms with Crippen molar-refractivity contribution in [3.63, 3.8) is 0 Å². The Labute approximate surface area is 168 Å². The number of aromatic carboxylic acids is 1. The molecule has 7 nitrogen and oxygen atoms in total. The van der Waals surface area contributed by atoms with Gasteiger partial charge in [-0.25, -0.2) is 9.59 Å². The predicted molar refractivity (Wildman–Crippen MR) is 106 cm³/mol. The highest BCUT2D eigenvalue weighted by Gasteiger charge is 2.41. The molecule has 7 heteroatoms. The number of fused-ring (bicyclic) bond motifs is 1. The number of rotatable bonds is 6. The molecule has 1 amide bonds. The molecule has 0 saturated heterocycles. The van der Waals surface area contributed by atoms with Crippen molar-refractivity contribution in [2.75, 3.05) is 11.5 Å². The molecule has 1 aliphatic rings. The zero-order valence-corrected chi connectivity index (χ0v) is 16.6. The standard InChI is InChI=1S/C22H23NO6/c1-4-11-28-20(26)15-7-5-14(6-8-15)13-23-17-10-9-16(19(24)25)12-18(17)29-22(2,3)21(23)27/h5-10,12H,4,11,13H2,1-3H3,(H,24,25). The van der Waals surface area contributed by atoms with Crippen molar-refractivity contribution >= 4 is 23.5 Å². The van der Waals surface area contributed by atoms with E-state index in [2.05, 4.69) is 0 Å². The third-order valence-electron chi connectivity index (χ3n) is 4.59. The van der Waals surface area contributed by atoms with E-state index in [0.29, 0.717) is 23.6 Å². The lowest BCUT2D eigenvalue weighted by molar-refractivity contribution is -0.132. The molecule has 2 aromatic rings. The van der Waals surface area contributed by atoms with Crippen molar-refractivity contribution in [3.05, 3.63) is 59.2 Å². The van der Waals surface area contributed by atoms with Crippen LogP contribution in [0.1, 0.15) is 53.5 Å². The zero-order valence-electron chi connectivity index (χ0n) is 16.6. The van der Waals surface area contributed by atoms with Gasteiger partial charge in [-0.3, -0.25) is 4.79 Å². The quantitative estimate of drug-likeness (QED) is 0.748. The molecule has 0 radical (unpaired) electrons. The number of amides is 1. The molecule has 1 heterocycles. The maximum Gasteiger partial charge on any atom is 0.338 e. The second-order valence-electron chi connectivity index (χ2n) is 7.32. The maximum absolute atomic E-state index is 12.9. The van der Waals surface area contributed by atoms with Crippen LogP contribution in [0.5, 0.6) is 5.75 Å². The Morgan fingerprint density at radius 3 is 2.38 bits per heavy atom. The highest BCUT2D eigenvalue weighted by molar-refractivity contribution is 6.03. The van der Waals surface area contributed by atoms with Crippen LogP contribution >= 0.6 is 0 Å². The van der Waals surface area contributed by atoms with E-state index >= 15 is 0 Å². The van der Waals surface area contributed by atoms with Crippen LogP contribution < -0.4 is 9.64 Å². The van der Waals surface area contributed by atoms with Crippen molar-refractivity contribution in [3.8, 4) is 5.75 Å². The Morgan fingerprint density at radius 2 is 1.76 bits per heavy atom. The fourth-order valence-corrected chi connectivity index (χ4v) is 3.07. The number of anilines is 1. The topological polar surface area (TPSA) is 93.1 Å². The summed E-state index contributed by atoms with van der Waals surface area (Å²) in [5.74, 6) is -1.34. The van der Waals surface area contributed by atoms with Crippen LogP contribution in [0, 0.1) is 0 Å². The maximum atomic E-state index is 12.9. The Kier molecular flexibility index (Phi) is 5.59. The molecule has 1 aliphatic heterocycles. The van der Waals surface area contributed by atoms with Gasteiger partial charge in [0.1, 0.15) is 5.75 Å². The van der Waals surface area contributed by atoms with E-state index in [1.807, 2.05) is 6.92 Å². The first-order valence-corrected chi connectivity index (χ1v) is 9.37. The van der Waals surface area contributed by atoms with Crippen molar-refractivity contribution in [1.82, 2.24) is 0 Å². The minimum absolute atomic E-state index is 0.0868. The number of hydrogen-bond acceptors (Lipinski definition) is 5. The van der Waals surface area contributed by atoms with Crippen molar-refractivity contribution < 1.29 is 29.0 Å². The molecule has 1 N–H and O–H groups in total. The lowest BCUT2D eigenvalue weighted by Gasteiger charge is -2.39. The average Bonchev–Trinajstić information content (AvgIpc) is 2.69. The molecule has 152 valence electrons. The number of carbonyl (C=O) groups is 3. The number of ether oxygens (including phenoxy) is 2. The smallest absolute Gasteiger partial charge is 0.338 e. The highest BCUT2D eigenvalue weighted by Crippen LogP contribution is 2.39.